The van der Waals surface area contributed by atoms with Crippen molar-refractivity contribution in [1.82, 2.24) is 20.2 Å². The molecule has 8 nitrogen and oxygen atoms in total. The Kier molecular flexibility index (Phi) is 8.08. The molecule has 1 heterocycles. The molecule has 0 aliphatic heterocycles. The van der Waals surface area contributed by atoms with Crippen LogP contribution in [0.15, 0.2) is 28.2 Å². The molecule has 0 saturated heterocycles. The van der Waals surface area contributed by atoms with Crippen LogP contribution in [0.4, 0.5) is 4.79 Å². The Labute approximate surface area is 165 Å². The second-order valence-corrected chi connectivity index (χ2v) is 6.93. The van der Waals surface area contributed by atoms with Crippen LogP contribution in [0.2, 0.25) is 5.02 Å². The summed E-state index contributed by atoms with van der Waals surface area (Å²) < 4.78 is 6.56. The highest BCUT2D eigenvalue weighted by Gasteiger charge is 2.14. The van der Waals surface area contributed by atoms with Gasteiger partial charge in [0.05, 0.1) is 16.7 Å². The fourth-order valence-electron chi connectivity index (χ4n) is 2.35. The lowest BCUT2D eigenvalue weighted by Gasteiger charge is -2.13. The quantitative estimate of drug-likeness (QED) is 0.390. The third kappa shape index (κ3) is 5.95. The predicted octanol–water partition coefficient (Wildman–Crippen LogP) is 2.02. The number of carbonyl (C=O) groups excluding carboxylic acids is 2. The van der Waals surface area contributed by atoms with Gasteiger partial charge in [0, 0.05) is 31.8 Å². The number of halogens is 1. The fraction of sp³-hybridized carbons (Fsp3) is 0.412. The van der Waals surface area contributed by atoms with Crippen molar-refractivity contribution in [3.05, 3.63) is 33.6 Å². The Bertz CT molecular complexity index is 887. The standard InChI is InChI=1S/C17H21ClN4O4S/c1-3-19-16(25)21-14(23)10-27-17-20-13-9-11(18)5-6-12(13)15(24)22(17)7-4-8-26-2/h5-6,9H,3-4,7-8,10H2,1-2H3,(H2,19,21,23,25). The molecule has 2 rings (SSSR count). The van der Waals surface area contributed by atoms with Gasteiger partial charge in [0.15, 0.2) is 5.16 Å². The zero-order valence-electron chi connectivity index (χ0n) is 15.1. The normalized spacial score (nSPS) is 10.8. The first kappa shape index (κ1) is 21.2. The minimum absolute atomic E-state index is 0.0556. The van der Waals surface area contributed by atoms with Gasteiger partial charge >= 0.3 is 6.03 Å². The Balaban J connectivity index is 2.26. The SMILES string of the molecule is CCNC(=O)NC(=O)CSc1nc2cc(Cl)ccc2c(=O)n1CCCOC. The van der Waals surface area contributed by atoms with Crippen LogP contribution in [0, 0.1) is 0 Å². The minimum Gasteiger partial charge on any atom is -0.385 e. The lowest BCUT2D eigenvalue weighted by atomic mass is 10.2. The summed E-state index contributed by atoms with van der Waals surface area (Å²) >= 11 is 7.08. The number of hydrogen-bond acceptors (Lipinski definition) is 6. The molecule has 2 N–H and O–H groups in total. The number of imide groups is 1. The molecule has 0 fully saturated rings. The molecule has 0 radical (unpaired) electrons. The van der Waals surface area contributed by atoms with Gasteiger partial charge in [-0.3, -0.25) is 19.5 Å². The average molecular weight is 413 g/mol. The smallest absolute Gasteiger partial charge is 0.321 e. The van der Waals surface area contributed by atoms with E-state index in [4.69, 9.17) is 16.3 Å². The fourth-order valence-corrected chi connectivity index (χ4v) is 3.34. The van der Waals surface area contributed by atoms with E-state index in [0.29, 0.717) is 47.2 Å². The number of carbonyl (C=O) groups is 2. The molecule has 0 unspecified atom stereocenters. The van der Waals surface area contributed by atoms with Gasteiger partial charge in [-0.25, -0.2) is 9.78 Å². The molecular formula is C17H21ClN4O4S. The molecule has 146 valence electrons. The van der Waals surface area contributed by atoms with Crippen molar-refractivity contribution in [3.63, 3.8) is 0 Å². The second kappa shape index (κ2) is 10.3. The molecule has 1 aromatic heterocycles. The van der Waals surface area contributed by atoms with E-state index in [0.717, 1.165) is 11.8 Å². The van der Waals surface area contributed by atoms with Crippen molar-refractivity contribution >= 4 is 46.2 Å². The lowest BCUT2D eigenvalue weighted by molar-refractivity contribution is -0.117. The van der Waals surface area contributed by atoms with Gasteiger partial charge in [-0.1, -0.05) is 23.4 Å². The van der Waals surface area contributed by atoms with Crippen LogP contribution in [0.1, 0.15) is 13.3 Å². The summed E-state index contributed by atoms with van der Waals surface area (Å²) in [6, 6.07) is 4.32. The maximum absolute atomic E-state index is 12.8. The van der Waals surface area contributed by atoms with E-state index in [1.165, 1.54) is 4.57 Å². The zero-order chi connectivity index (χ0) is 19.8. The average Bonchev–Trinajstić information content (AvgIpc) is 2.62. The third-order valence-corrected chi connectivity index (χ3v) is 4.75. The first-order valence-electron chi connectivity index (χ1n) is 8.35. The summed E-state index contributed by atoms with van der Waals surface area (Å²) in [7, 11) is 1.59. The Morgan fingerprint density at radius 3 is 2.85 bits per heavy atom. The van der Waals surface area contributed by atoms with Crippen molar-refractivity contribution < 1.29 is 14.3 Å². The van der Waals surface area contributed by atoms with E-state index >= 15 is 0 Å². The van der Waals surface area contributed by atoms with Crippen molar-refractivity contribution in [2.75, 3.05) is 26.0 Å². The van der Waals surface area contributed by atoms with Crippen LogP contribution in [0.3, 0.4) is 0 Å². The van der Waals surface area contributed by atoms with Crippen molar-refractivity contribution in [2.45, 2.75) is 25.0 Å². The first-order chi connectivity index (χ1) is 13.0. The highest BCUT2D eigenvalue weighted by atomic mass is 35.5. The Morgan fingerprint density at radius 2 is 2.15 bits per heavy atom. The molecule has 3 amide bonds. The number of urea groups is 1. The maximum atomic E-state index is 12.8. The monoisotopic (exact) mass is 412 g/mol. The van der Waals surface area contributed by atoms with Crippen LogP contribution in [-0.4, -0.2) is 47.5 Å². The van der Waals surface area contributed by atoms with E-state index < -0.39 is 11.9 Å². The van der Waals surface area contributed by atoms with Gasteiger partial charge in [0.1, 0.15) is 0 Å². The summed E-state index contributed by atoms with van der Waals surface area (Å²) in [5.41, 5.74) is 0.251. The topological polar surface area (TPSA) is 102 Å². The second-order valence-electron chi connectivity index (χ2n) is 5.56. The number of nitrogens with one attached hydrogen (secondary N) is 2. The summed E-state index contributed by atoms with van der Waals surface area (Å²) in [6.45, 7) is 3.06. The number of amides is 3. The van der Waals surface area contributed by atoms with Gasteiger partial charge < -0.3 is 10.1 Å². The van der Waals surface area contributed by atoms with E-state index in [1.54, 1.807) is 32.2 Å². The molecule has 0 spiro atoms. The van der Waals surface area contributed by atoms with Gasteiger partial charge in [0.25, 0.3) is 5.56 Å². The van der Waals surface area contributed by atoms with Gasteiger partial charge in [-0.05, 0) is 31.5 Å². The molecule has 0 aliphatic carbocycles. The van der Waals surface area contributed by atoms with Gasteiger partial charge in [0.2, 0.25) is 5.91 Å². The van der Waals surface area contributed by atoms with Crippen LogP contribution in [0.5, 0.6) is 0 Å². The molecule has 0 saturated carbocycles. The molecule has 0 aliphatic rings. The number of methoxy groups -OCH3 is 1. The number of thioether (sulfide) groups is 1. The van der Waals surface area contributed by atoms with Crippen LogP contribution in [-0.2, 0) is 16.1 Å². The maximum Gasteiger partial charge on any atom is 0.321 e. The number of benzene rings is 1. The molecule has 10 heteroatoms. The molecular weight excluding hydrogens is 392 g/mol. The number of nitrogens with zero attached hydrogens (tertiary/aromatic N) is 2. The summed E-state index contributed by atoms with van der Waals surface area (Å²) in [4.78, 5) is 40.7. The zero-order valence-corrected chi connectivity index (χ0v) is 16.7. The summed E-state index contributed by atoms with van der Waals surface area (Å²) in [6.07, 6.45) is 0.621. The molecule has 1 aromatic carbocycles. The van der Waals surface area contributed by atoms with Crippen LogP contribution >= 0.6 is 23.4 Å². The van der Waals surface area contributed by atoms with Crippen molar-refractivity contribution in [3.8, 4) is 0 Å². The van der Waals surface area contributed by atoms with E-state index in [2.05, 4.69) is 15.6 Å². The van der Waals surface area contributed by atoms with Gasteiger partial charge in [-0.2, -0.15) is 0 Å². The van der Waals surface area contributed by atoms with Crippen LogP contribution in [0.25, 0.3) is 10.9 Å². The summed E-state index contributed by atoms with van der Waals surface area (Å²) in [5.74, 6) is -0.533. The number of aromatic nitrogens is 2. The molecule has 0 bridgehead atoms. The highest BCUT2D eigenvalue weighted by Crippen LogP contribution is 2.20. The molecule has 0 atom stereocenters. The highest BCUT2D eigenvalue weighted by molar-refractivity contribution is 7.99. The van der Waals surface area contributed by atoms with Crippen molar-refractivity contribution in [1.29, 1.82) is 0 Å². The predicted molar refractivity (Wildman–Crippen MR) is 105 cm³/mol. The minimum atomic E-state index is -0.557. The Morgan fingerprint density at radius 1 is 1.37 bits per heavy atom. The number of hydrogen-bond donors (Lipinski definition) is 2. The third-order valence-electron chi connectivity index (χ3n) is 3.54. The first-order valence-corrected chi connectivity index (χ1v) is 9.72. The van der Waals surface area contributed by atoms with Gasteiger partial charge in [-0.15, -0.1) is 0 Å². The number of ether oxygens (including phenoxy) is 1. The van der Waals surface area contributed by atoms with E-state index in [1.807, 2.05) is 0 Å². The van der Waals surface area contributed by atoms with E-state index in [-0.39, 0.29) is 11.3 Å². The largest absolute Gasteiger partial charge is 0.385 e. The molecule has 2 aromatic rings. The Hall–Kier alpha value is -2.10. The van der Waals surface area contributed by atoms with Crippen LogP contribution < -0.4 is 16.2 Å². The van der Waals surface area contributed by atoms with Crippen molar-refractivity contribution in [2.24, 2.45) is 0 Å². The summed E-state index contributed by atoms with van der Waals surface area (Å²) in [5, 5.41) is 6.00. The van der Waals surface area contributed by atoms with E-state index in [9.17, 15) is 14.4 Å². The molecule has 27 heavy (non-hydrogen) atoms. The lowest BCUT2D eigenvalue weighted by Crippen LogP contribution is -2.40. The number of rotatable bonds is 8. The number of fused-ring (bicyclic) bond motifs is 1.